The van der Waals surface area contributed by atoms with Crippen molar-refractivity contribution < 1.29 is 4.79 Å². The fourth-order valence-corrected chi connectivity index (χ4v) is 6.13. The van der Waals surface area contributed by atoms with E-state index in [2.05, 4.69) is 25.2 Å². The fraction of sp³-hybridized carbons (Fsp3) is 0.182. The van der Waals surface area contributed by atoms with Gasteiger partial charge in [-0.05, 0) is 55.8 Å². The van der Waals surface area contributed by atoms with Gasteiger partial charge in [0.2, 0.25) is 5.91 Å². The number of carbonyl (C=O) groups is 1. The van der Waals surface area contributed by atoms with E-state index in [9.17, 15) is 4.79 Å². The van der Waals surface area contributed by atoms with Gasteiger partial charge in [0.15, 0.2) is 0 Å². The quantitative estimate of drug-likeness (QED) is 0.306. The van der Waals surface area contributed by atoms with Crippen molar-refractivity contribution in [1.29, 1.82) is 0 Å². The number of thiazole rings is 1. The van der Waals surface area contributed by atoms with Crippen LogP contribution in [-0.2, 0) is 4.79 Å². The highest BCUT2D eigenvalue weighted by Gasteiger charge is 2.19. The number of thioether (sulfide) groups is 1. The van der Waals surface area contributed by atoms with Gasteiger partial charge in [-0.3, -0.25) is 4.79 Å². The van der Waals surface area contributed by atoms with E-state index in [1.54, 1.807) is 34.4 Å². The van der Waals surface area contributed by atoms with Gasteiger partial charge >= 0.3 is 0 Å². The maximum atomic E-state index is 12.6. The van der Waals surface area contributed by atoms with Crippen LogP contribution >= 0.6 is 46.0 Å². The summed E-state index contributed by atoms with van der Waals surface area (Å²) in [6.07, 6.45) is 0.447. The number of anilines is 1. The number of aryl methyl sites for hydroxylation is 1. The third kappa shape index (κ3) is 4.67. The van der Waals surface area contributed by atoms with Crippen LogP contribution in [0.2, 0.25) is 5.02 Å². The van der Waals surface area contributed by atoms with Crippen molar-refractivity contribution in [3.8, 4) is 10.6 Å². The Hall–Kier alpha value is -1.86. The minimum absolute atomic E-state index is 0.0232. The van der Waals surface area contributed by atoms with Crippen LogP contribution in [-0.4, -0.2) is 16.6 Å². The number of benzene rings is 2. The zero-order valence-corrected chi connectivity index (χ0v) is 19.2. The molecule has 0 saturated heterocycles. The van der Waals surface area contributed by atoms with Crippen molar-refractivity contribution >= 4 is 67.2 Å². The lowest BCUT2D eigenvalue weighted by Gasteiger charge is -2.06. The molecule has 0 spiro atoms. The van der Waals surface area contributed by atoms with Gasteiger partial charge in [0.05, 0.1) is 10.2 Å². The Labute approximate surface area is 187 Å². The Morgan fingerprint density at radius 3 is 2.62 bits per heavy atom. The number of amides is 1. The smallest absolute Gasteiger partial charge is 0.225 e. The van der Waals surface area contributed by atoms with Crippen molar-refractivity contribution in [1.82, 2.24) is 4.98 Å². The monoisotopic (exact) mass is 458 g/mol. The number of halogens is 1. The molecule has 4 aromatic rings. The normalized spacial score (nSPS) is 11.1. The molecule has 1 N–H and O–H groups in total. The summed E-state index contributed by atoms with van der Waals surface area (Å²) in [5.41, 5.74) is 3.22. The number of para-hydroxylation sites is 1. The van der Waals surface area contributed by atoms with E-state index >= 15 is 0 Å². The second kappa shape index (κ2) is 8.88. The molecule has 0 atom stereocenters. The van der Waals surface area contributed by atoms with Crippen LogP contribution in [0.25, 0.3) is 20.8 Å². The number of carbonyl (C=O) groups excluding carboxylic acids is 1. The average molecular weight is 459 g/mol. The Morgan fingerprint density at radius 2 is 1.86 bits per heavy atom. The lowest BCUT2D eigenvalue weighted by atomic mass is 10.1. The lowest BCUT2D eigenvalue weighted by molar-refractivity contribution is -0.115. The lowest BCUT2D eigenvalue weighted by Crippen LogP contribution is -2.11. The molecule has 2 aromatic heterocycles. The van der Waals surface area contributed by atoms with E-state index in [1.165, 1.54) is 10.4 Å². The van der Waals surface area contributed by atoms with Crippen molar-refractivity contribution in [2.75, 3.05) is 11.1 Å². The summed E-state index contributed by atoms with van der Waals surface area (Å²) in [5.74, 6) is 0.739. The zero-order chi connectivity index (χ0) is 20.4. The van der Waals surface area contributed by atoms with E-state index in [0.29, 0.717) is 12.2 Å². The van der Waals surface area contributed by atoms with Gasteiger partial charge in [0.1, 0.15) is 10.0 Å². The summed E-state index contributed by atoms with van der Waals surface area (Å²) in [5, 5.41) is 5.69. The van der Waals surface area contributed by atoms with Crippen LogP contribution < -0.4 is 5.32 Å². The summed E-state index contributed by atoms with van der Waals surface area (Å²) in [4.78, 5) is 19.7. The average Bonchev–Trinajstić information content (AvgIpc) is 3.24. The molecule has 1 amide bonds. The molecule has 148 valence electrons. The maximum absolute atomic E-state index is 12.6. The van der Waals surface area contributed by atoms with Gasteiger partial charge in [-0.15, -0.1) is 34.4 Å². The molecule has 3 nitrogen and oxygen atoms in total. The zero-order valence-electron chi connectivity index (χ0n) is 16.0. The standard InChI is InChI=1S/C22H19ClN2OS3/c1-13-14(2)28-22(20(13)21-24-17-5-3-4-6-18(17)29-21)25-19(26)11-12-27-16-9-7-15(23)8-10-16/h3-10H,11-12H2,1-2H3,(H,25,26). The number of fused-ring (bicyclic) bond motifs is 1. The van der Waals surface area contributed by atoms with Gasteiger partial charge < -0.3 is 5.32 Å². The Morgan fingerprint density at radius 1 is 1.10 bits per heavy atom. The minimum Gasteiger partial charge on any atom is -0.317 e. The van der Waals surface area contributed by atoms with Crippen LogP contribution in [0.1, 0.15) is 16.9 Å². The van der Waals surface area contributed by atoms with Gasteiger partial charge in [-0.2, -0.15) is 0 Å². The van der Waals surface area contributed by atoms with Crippen molar-refractivity contribution in [3.05, 3.63) is 64.0 Å². The molecule has 2 heterocycles. The molecule has 0 radical (unpaired) electrons. The van der Waals surface area contributed by atoms with Gasteiger partial charge in [0.25, 0.3) is 0 Å². The molecule has 0 bridgehead atoms. The number of nitrogens with zero attached hydrogens (tertiary/aromatic N) is 1. The first-order valence-corrected chi connectivity index (χ1v) is 12.1. The van der Waals surface area contributed by atoms with Crippen LogP contribution in [0.5, 0.6) is 0 Å². The van der Waals surface area contributed by atoms with Gasteiger partial charge in [-0.1, -0.05) is 23.7 Å². The summed E-state index contributed by atoms with van der Waals surface area (Å²) in [6.45, 7) is 4.18. The predicted octanol–water partition coefficient (Wildman–Crippen LogP) is 7.42. The molecule has 0 saturated carbocycles. The van der Waals surface area contributed by atoms with E-state index in [-0.39, 0.29) is 5.91 Å². The predicted molar refractivity (Wildman–Crippen MR) is 128 cm³/mol. The molecule has 2 aromatic carbocycles. The van der Waals surface area contributed by atoms with Crippen molar-refractivity contribution in [3.63, 3.8) is 0 Å². The molecule has 4 rings (SSSR count). The first-order valence-electron chi connectivity index (χ1n) is 9.15. The first-order chi connectivity index (χ1) is 14.0. The van der Waals surface area contributed by atoms with Crippen molar-refractivity contribution in [2.45, 2.75) is 25.2 Å². The Bertz CT molecular complexity index is 1130. The number of thiophene rings is 1. The highest BCUT2D eigenvalue weighted by molar-refractivity contribution is 7.99. The molecular formula is C22H19ClN2OS3. The molecule has 0 aliphatic heterocycles. The van der Waals surface area contributed by atoms with Crippen LogP contribution in [0, 0.1) is 13.8 Å². The molecule has 0 aliphatic carbocycles. The highest BCUT2D eigenvalue weighted by atomic mass is 35.5. The maximum Gasteiger partial charge on any atom is 0.225 e. The largest absolute Gasteiger partial charge is 0.317 e. The second-order valence-electron chi connectivity index (χ2n) is 6.57. The molecule has 0 fully saturated rings. The number of nitrogens with one attached hydrogen (secondary N) is 1. The second-order valence-corrected chi connectivity index (χ2v) is 10.4. The number of hydrogen-bond acceptors (Lipinski definition) is 5. The third-order valence-corrected chi connectivity index (χ3v) is 8.00. The minimum atomic E-state index is 0.0232. The summed E-state index contributed by atoms with van der Waals surface area (Å²) >= 11 is 10.9. The van der Waals surface area contributed by atoms with E-state index in [0.717, 1.165) is 35.7 Å². The van der Waals surface area contributed by atoms with Crippen LogP contribution in [0.4, 0.5) is 5.00 Å². The topological polar surface area (TPSA) is 42.0 Å². The van der Waals surface area contributed by atoms with E-state index in [4.69, 9.17) is 16.6 Å². The summed E-state index contributed by atoms with van der Waals surface area (Å²) < 4.78 is 1.15. The fourth-order valence-electron chi connectivity index (χ4n) is 2.93. The molecule has 7 heteroatoms. The summed E-state index contributed by atoms with van der Waals surface area (Å²) in [6, 6.07) is 15.8. The summed E-state index contributed by atoms with van der Waals surface area (Å²) in [7, 11) is 0. The highest BCUT2D eigenvalue weighted by Crippen LogP contribution is 2.43. The Balaban J connectivity index is 1.47. The molecule has 0 aliphatic rings. The van der Waals surface area contributed by atoms with Crippen LogP contribution in [0.15, 0.2) is 53.4 Å². The van der Waals surface area contributed by atoms with Gasteiger partial charge in [-0.25, -0.2) is 4.98 Å². The molecule has 29 heavy (non-hydrogen) atoms. The van der Waals surface area contributed by atoms with E-state index in [1.807, 2.05) is 42.5 Å². The SMILES string of the molecule is Cc1sc(NC(=O)CCSc2ccc(Cl)cc2)c(-c2nc3ccccc3s2)c1C. The third-order valence-electron chi connectivity index (χ3n) is 4.56. The van der Waals surface area contributed by atoms with E-state index < -0.39 is 0 Å². The number of aromatic nitrogens is 1. The molecular weight excluding hydrogens is 440 g/mol. The first kappa shape index (κ1) is 20.4. The number of hydrogen-bond donors (Lipinski definition) is 1. The van der Waals surface area contributed by atoms with Crippen LogP contribution in [0.3, 0.4) is 0 Å². The van der Waals surface area contributed by atoms with Gasteiger partial charge in [0, 0.05) is 32.5 Å². The molecule has 0 unspecified atom stereocenters. The Kier molecular flexibility index (Phi) is 6.25. The number of rotatable bonds is 6. The van der Waals surface area contributed by atoms with Crippen molar-refractivity contribution in [2.24, 2.45) is 0 Å².